The average Bonchev–Trinajstić information content (AvgIpc) is 3.18. The van der Waals surface area contributed by atoms with Crippen LogP contribution >= 0.6 is 0 Å². The maximum atomic E-state index is 13.5. The highest BCUT2D eigenvalue weighted by molar-refractivity contribution is 5.94. The third-order valence-electron chi connectivity index (χ3n) is 4.05. The summed E-state index contributed by atoms with van der Waals surface area (Å²) in [5, 5.41) is 7.68. The fraction of sp³-hybridized carbons (Fsp3) is 0.263. The lowest BCUT2D eigenvalue weighted by atomic mass is 10.2. The maximum absolute atomic E-state index is 13.5. The molecule has 8 heteroatoms. The van der Waals surface area contributed by atoms with Crippen molar-refractivity contribution in [3.05, 3.63) is 59.7 Å². The zero-order chi connectivity index (χ0) is 19.2. The molecule has 2 aromatic carbocycles. The number of rotatable bonds is 5. The number of halogens is 2. The van der Waals surface area contributed by atoms with E-state index in [4.69, 9.17) is 4.74 Å². The van der Waals surface area contributed by atoms with Crippen LogP contribution < -0.4 is 16.0 Å². The second-order valence-electron chi connectivity index (χ2n) is 6.12. The first-order valence-electron chi connectivity index (χ1n) is 8.52. The van der Waals surface area contributed by atoms with Gasteiger partial charge in [0.05, 0.1) is 5.69 Å². The van der Waals surface area contributed by atoms with Crippen LogP contribution in [-0.4, -0.2) is 24.6 Å². The van der Waals surface area contributed by atoms with Crippen LogP contribution in [-0.2, 0) is 16.1 Å². The third-order valence-corrected chi connectivity index (χ3v) is 4.05. The van der Waals surface area contributed by atoms with Gasteiger partial charge in [0, 0.05) is 24.9 Å². The smallest absolute Gasteiger partial charge is 0.319 e. The number of nitrogens with one attached hydrogen (secondary N) is 3. The van der Waals surface area contributed by atoms with E-state index >= 15 is 0 Å². The van der Waals surface area contributed by atoms with Gasteiger partial charge >= 0.3 is 6.03 Å². The van der Waals surface area contributed by atoms with Crippen molar-refractivity contribution in [2.45, 2.75) is 25.5 Å². The van der Waals surface area contributed by atoms with E-state index in [0.29, 0.717) is 24.8 Å². The minimum Gasteiger partial charge on any atom is -0.368 e. The molecule has 3 rings (SSSR count). The molecule has 1 atom stereocenters. The van der Waals surface area contributed by atoms with Crippen molar-refractivity contribution in [2.75, 3.05) is 17.2 Å². The topological polar surface area (TPSA) is 79.5 Å². The zero-order valence-electron chi connectivity index (χ0n) is 14.4. The number of hydrogen-bond donors (Lipinski definition) is 3. The molecule has 3 N–H and O–H groups in total. The van der Waals surface area contributed by atoms with Gasteiger partial charge in [0.15, 0.2) is 0 Å². The molecule has 0 spiro atoms. The summed E-state index contributed by atoms with van der Waals surface area (Å²) in [6, 6.07) is 9.25. The van der Waals surface area contributed by atoms with Gasteiger partial charge in [0.2, 0.25) is 0 Å². The van der Waals surface area contributed by atoms with Gasteiger partial charge in [0.25, 0.3) is 5.91 Å². The molecule has 6 nitrogen and oxygen atoms in total. The van der Waals surface area contributed by atoms with Gasteiger partial charge in [-0.05, 0) is 42.7 Å². The molecule has 0 radical (unpaired) electrons. The number of amides is 3. The Morgan fingerprint density at radius 1 is 1.11 bits per heavy atom. The van der Waals surface area contributed by atoms with E-state index < -0.39 is 23.8 Å². The molecule has 0 unspecified atom stereocenters. The predicted molar refractivity (Wildman–Crippen MR) is 96.3 cm³/mol. The van der Waals surface area contributed by atoms with E-state index in [0.717, 1.165) is 24.1 Å². The van der Waals surface area contributed by atoms with Crippen LogP contribution in [0.1, 0.15) is 18.4 Å². The molecule has 0 aliphatic carbocycles. The number of anilines is 2. The first-order chi connectivity index (χ1) is 13.0. The fourth-order valence-corrected chi connectivity index (χ4v) is 2.71. The summed E-state index contributed by atoms with van der Waals surface area (Å²) in [6.45, 7) is 0.754. The number of benzene rings is 2. The highest BCUT2D eigenvalue weighted by atomic mass is 19.1. The first-order valence-corrected chi connectivity index (χ1v) is 8.52. The summed E-state index contributed by atoms with van der Waals surface area (Å²) < 4.78 is 31.8. The Balaban J connectivity index is 1.53. The SMILES string of the molecule is O=C(NCc1cccc(NC(=O)[C@@H]2CCCO2)c1)Nc1ccc(F)cc1F. The summed E-state index contributed by atoms with van der Waals surface area (Å²) in [4.78, 5) is 24.0. The Hall–Kier alpha value is -3.00. The van der Waals surface area contributed by atoms with Crippen LogP contribution in [0, 0.1) is 11.6 Å². The summed E-state index contributed by atoms with van der Waals surface area (Å²) in [7, 11) is 0. The van der Waals surface area contributed by atoms with Gasteiger partial charge in [-0.2, -0.15) is 0 Å². The summed E-state index contributed by atoms with van der Waals surface area (Å²) >= 11 is 0. The summed E-state index contributed by atoms with van der Waals surface area (Å²) in [5.41, 5.74) is 1.22. The minimum absolute atomic E-state index is 0.119. The van der Waals surface area contributed by atoms with E-state index in [1.807, 2.05) is 0 Å². The average molecular weight is 375 g/mol. The quantitative estimate of drug-likeness (QED) is 0.749. The molecule has 0 aromatic heterocycles. The van der Waals surface area contributed by atoms with Crippen LogP contribution in [0.5, 0.6) is 0 Å². The predicted octanol–water partition coefficient (Wildman–Crippen LogP) is 3.40. The van der Waals surface area contributed by atoms with Gasteiger partial charge in [-0.15, -0.1) is 0 Å². The third kappa shape index (κ3) is 5.24. The Labute approximate surface area is 154 Å². The van der Waals surface area contributed by atoms with Gasteiger partial charge in [-0.1, -0.05) is 12.1 Å². The van der Waals surface area contributed by atoms with E-state index in [9.17, 15) is 18.4 Å². The zero-order valence-corrected chi connectivity index (χ0v) is 14.4. The van der Waals surface area contributed by atoms with Crippen LogP contribution in [0.25, 0.3) is 0 Å². The van der Waals surface area contributed by atoms with E-state index in [-0.39, 0.29) is 18.1 Å². The molecular formula is C19H19F2N3O3. The van der Waals surface area contributed by atoms with Gasteiger partial charge in [-0.3, -0.25) is 4.79 Å². The van der Waals surface area contributed by atoms with Crippen molar-refractivity contribution in [1.29, 1.82) is 0 Å². The molecule has 142 valence electrons. The minimum atomic E-state index is -0.857. The van der Waals surface area contributed by atoms with Crippen LogP contribution in [0.2, 0.25) is 0 Å². The Morgan fingerprint density at radius 3 is 2.70 bits per heavy atom. The molecule has 0 saturated carbocycles. The molecule has 0 bridgehead atoms. The molecule has 1 heterocycles. The molecule has 1 saturated heterocycles. The van der Waals surface area contributed by atoms with Crippen LogP contribution in [0.3, 0.4) is 0 Å². The van der Waals surface area contributed by atoms with Crippen LogP contribution in [0.4, 0.5) is 25.0 Å². The molecule has 1 fully saturated rings. The number of carbonyl (C=O) groups is 2. The molecule has 1 aliphatic rings. The highest BCUT2D eigenvalue weighted by Crippen LogP contribution is 2.17. The van der Waals surface area contributed by atoms with Crippen molar-refractivity contribution < 1.29 is 23.1 Å². The maximum Gasteiger partial charge on any atom is 0.319 e. The molecule has 1 aliphatic heterocycles. The number of carbonyl (C=O) groups excluding carboxylic acids is 2. The van der Waals surface area contributed by atoms with Gasteiger partial charge in [-0.25, -0.2) is 13.6 Å². The fourth-order valence-electron chi connectivity index (χ4n) is 2.71. The number of ether oxygens (including phenoxy) is 1. The lowest BCUT2D eigenvalue weighted by molar-refractivity contribution is -0.124. The second kappa shape index (κ2) is 8.59. The Kier molecular flexibility index (Phi) is 5.97. The first kappa shape index (κ1) is 18.8. The molecule has 2 aromatic rings. The van der Waals surface area contributed by atoms with Crippen molar-refractivity contribution >= 4 is 23.3 Å². The lowest BCUT2D eigenvalue weighted by Gasteiger charge is -2.12. The van der Waals surface area contributed by atoms with E-state index in [1.54, 1.807) is 24.3 Å². The van der Waals surface area contributed by atoms with Gasteiger partial charge in [0.1, 0.15) is 17.7 Å². The van der Waals surface area contributed by atoms with Crippen molar-refractivity contribution in [2.24, 2.45) is 0 Å². The van der Waals surface area contributed by atoms with Crippen LogP contribution in [0.15, 0.2) is 42.5 Å². The number of urea groups is 1. The normalized spacial score (nSPS) is 16.0. The molecule has 27 heavy (non-hydrogen) atoms. The monoisotopic (exact) mass is 375 g/mol. The largest absolute Gasteiger partial charge is 0.368 e. The standard InChI is InChI=1S/C19H19F2N3O3/c20-13-6-7-16(15(21)10-13)24-19(26)22-11-12-3-1-4-14(9-12)23-18(25)17-5-2-8-27-17/h1,3-4,6-7,9-10,17H,2,5,8,11H2,(H,23,25)(H2,22,24,26)/t17-/m0/s1. The summed E-state index contributed by atoms with van der Waals surface area (Å²) in [5.74, 6) is -1.77. The lowest BCUT2D eigenvalue weighted by Crippen LogP contribution is -2.29. The highest BCUT2D eigenvalue weighted by Gasteiger charge is 2.23. The Bertz CT molecular complexity index is 839. The Morgan fingerprint density at radius 2 is 1.96 bits per heavy atom. The van der Waals surface area contributed by atoms with Gasteiger partial charge < -0.3 is 20.7 Å². The number of hydrogen-bond acceptors (Lipinski definition) is 3. The summed E-state index contributed by atoms with van der Waals surface area (Å²) in [6.07, 6.45) is 1.14. The molecule has 3 amide bonds. The molecular weight excluding hydrogens is 356 g/mol. The second-order valence-corrected chi connectivity index (χ2v) is 6.12. The van der Waals surface area contributed by atoms with E-state index in [1.165, 1.54) is 0 Å². The van der Waals surface area contributed by atoms with Crippen molar-refractivity contribution in [1.82, 2.24) is 5.32 Å². The van der Waals surface area contributed by atoms with Crippen molar-refractivity contribution in [3.8, 4) is 0 Å². The van der Waals surface area contributed by atoms with Crippen molar-refractivity contribution in [3.63, 3.8) is 0 Å². The van der Waals surface area contributed by atoms with E-state index in [2.05, 4.69) is 16.0 Å².